The van der Waals surface area contributed by atoms with Gasteiger partial charge in [-0.05, 0) is 33.8 Å². The van der Waals surface area contributed by atoms with Crippen molar-refractivity contribution in [3.8, 4) is 0 Å². The lowest BCUT2D eigenvalue weighted by molar-refractivity contribution is 0.0161. The predicted molar refractivity (Wildman–Crippen MR) is 127 cm³/mol. The fourth-order valence-electron chi connectivity index (χ4n) is 4.80. The van der Waals surface area contributed by atoms with Crippen LogP contribution in [0, 0.1) is 11.8 Å². The number of methoxy groups -OCH3 is 1. The topological polar surface area (TPSA) is 44.8 Å². The summed E-state index contributed by atoms with van der Waals surface area (Å²) in [5, 5.41) is 2.39. The van der Waals surface area contributed by atoms with Crippen LogP contribution in [-0.2, 0) is 13.9 Å². The van der Waals surface area contributed by atoms with Gasteiger partial charge in [-0.25, -0.2) is 4.79 Å². The first kappa shape index (κ1) is 23.3. The van der Waals surface area contributed by atoms with E-state index in [1.165, 1.54) is 17.5 Å². The molecule has 0 radical (unpaired) electrons. The molecule has 31 heavy (non-hydrogen) atoms. The zero-order valence-corrected chi connectivity index (χ0v) is 20.4. The van der Waals surface area contributed by atoms with Gasteiger partial charge in [-0.2, -0.15) is 0 Å². The smallest absolute Gasteiger partial charge is 0.438 e. The van der Waals surface area contributed by atoms with Crippen LogP contribution < -0.4 is 10.4 Å². The van der Waals surface area contributed by atoms with Crippen molar-refractivity contribution in [1.82, 2.24) is 0 Å². The average molecular weight is 439 g/mol. The summed E-state index contributed by atoms with van der Waals surface area (Å²) in [5.74, 6) is 0.286. The fourth-order valence-corrected chi connectivity index (χ4v) is 9.40. The molecule has 0 aromatic heterocycles. The number of carbonyl (C=O) groups excluding carboxylic acids is 1. The Labute approximate surface area is 187 Å². The number of hydrogen-bond donors (Lipinski definition) is 0. The third-order valence-electron chi connectivity index (χ3n) is 6.34. The molecule has 0 N–H and O–H groups in total. The van der Waals surface area contributed by atoms with Gasteiger partial charge in [-0.1, -0.05) is 94.4 Å². The van der Waals surface area contributed by atoms with Crippen molar-refractivity contribution in [2.24, 2.45) is 11.8 Å². The van der Waals surface area contributed by atoms with E-state index in [0.29, 0.717) is 6.61 Å². The molecule has 1 aliphatic carbocycles. The normalized spacial score (nSPS) is 21.5. The standard InChI is InChI=1S/C26H34O4Si/c1-19-17-20(2)24(30-25(27)28-6)23(19)18-29-31(26(3,4)5,21-13-9-7-10-14-21)22-15-11-8-12-16-22/h7-17,19,23-24H,18H2,1-6H3/t19-,23+,24-/m1/s1. The molecule has 0 bridgehead atoms. The highest BCUT2D eigenvalue weighted by molar-refractivity contribution is 6.99. The predicted octanol–water partition coefficient (Wildman–Crippen LogP) is 4.93. The molecule has 5 heteroatoms. The number of benzene rings is 2. The van der Waals surface area contributed by atoms with E-state index in [2.05, 4.69) is 82.3 Å². The molecule has 1 aliphatic rings. The van der Waals surface area contributed by atoms with E-state index in [0.717, 1.165) is 5.57 Å². The molecule has 0 heterocycles. The Kier molecular flexibility index (Phi) is 7.07. The second-order valence-electron chi connectivity index (χ2n) is 9.40. The van der Waals surface area contributed by atoms with Gasteiger partial charge in [0, 0.05) is 12.5 Å². The Bertz CT molecular complexity index is 863. The maximum atomic E-state index is 11.9. The van der Waals surface area contributed by atoms with E-state index in [4.69, 9.17) is 13.9 Å². The van der Waals surface area contributed by atoms with Gasteiger partial charge in [-0.3, -0.25) is 0 Å². The van der Waals surface area contributed by atoms with Crippen LogP contribution in [0.15, 0.2) is 72.3 Å². The molecule has 0 aliphatic heterocycles. The van der Waals surface area contributed by atoms with Gasteiger partial charge in [0.15, 0.2) is 0 Å². The van der Waals surface area contributed by atoms with Crippen molar-refractivity contribution in [3.05, 3.63) is 72.3 Å². The monoisotopic (exact) mass is 438 g/mol. The van der Waals surface area contributed by atoms with Crippen LogP contribution in [0.1, 0.15) is 34.6 Å². The van der Waals surface area contributed by atoms with Crippen LogP contribution in [0.4, 0.5) is 4.79 Å². The van der Waals surface area contributed by atoms with E-state index < -0.39 is 14.5 Å². The zero-order chi connectivity index (χ0) is 22.6. The van der Waals surface area contributed by atoms with E-state index >= 15 is 0 Å². The summed E-state index contributed by atoms with van der Waals surface area (Å²) >= 11 is 0. The molecular formula is C26H34O4Si. The van der Waals surface area contributed by atoms with Crippen molar-refractivity contribution in [1.29, 1.82) is 0 Å². The molecule has 0 saturated heterocycles. The maximum absolute atomic E-state index is 11.9. The van der Waals surface area contributed by atoms with E-state index in [1.807, 2.05) is 19.1 Å². The first-order valence-electron chi connectivity index (χ1n) is 10.9. The van der Waals surface area contributed by atoms with E-state index in [-0.39, 0.29) is 23.0 Å². The Balaban J connectivity index is 2.01. The summed E-state index contributed by atoms with van der Waals surface area (Å²) in [6, 6.07) is 21.2. The lowest BCUT2D eigenvalue weighted by atomic mass is 9.96. The van der Waals surface area contributed by atoms with Gasteiger partial charge in [0.25, 0.3) is 8.32 Å². The number of rotatable bonds is 6. The van der Waals surface area contributed by atoms with Crippen molar-refractivity contribution < 1.29 is 18.7 Å². The highest BCUT2D eigenvalue weighted by Gasteiger charge is 2.51. The van der Waals surface area contributed by atoms with Crippen molar-refractivity contribution in [2.45, 2.75) is 45.8 Å². The Morgan fingerprint density at radius 1 is 0.968 bits per heavy atom. The van der Waals surface area contributed by atoms with Crippen LogP contribution in [0.2, 0.25) is 5.04 Å². The molecule has 0 spiro atoms. The third kappa shape index (κ3) is 4.63. The summed E-state index contributed by atoms with van der Waals surface area (Å²) in [6.07, 6.45) is 1.19. The number of hydrogen-bond acceptors (Lipinski definition) is 4. The highest BCUT2D eigenvalue weighted by atomic mass is 28.4. The molecule has 2 aromatic rings. The van der Waals surface area contributed by atoms with Gasteiger partial charge in [0.2, 0.25) is 0 Å². The largest absolute Gasteiger partial charge is 0.508 e. The molecule has 166 valence electrons. The number of carbonyl (C=O) groups is 1. The average Bonchev–Trinajstić information content (AvgIpc) is 3.01. The summed E-state index contributed by atoms with van der Waals surface area (Å²) in [5.41, 5.74) is 1.05. The second kappa shape index (κ2) is 9.41. The third-order valence-corrected chi connectivity index (χ3v) is 11.3. The van der Waals surface area contributed by atoms with Gasteiger partial charge in [0.1, 0.15) is 6.10 Å². The Morgan fingerprint density at radius 2 is 1.48 bits per heavy atom. The van der Waals surface area contributed by atoms with Crippen molar-refractivity contribution in [3.63, 3.8) is 0 Å². The van der Waals surface area contributed by atoms with Crippen molar-refractivity contribution >= 4 is 24.8 Å². The minimum atomic E-state index is -2.64. The van der Waals surface area contributed by atoms with Crippen LogP contribution in [0.25, 0.3) is 0 Å². The molecule has 0 amide bonds. The van der Waals surface area contributed by atoms with Gasteiger partial charge in [0.05, 0.1) is 7.11 Å². The lowest BCUT2D eigenvalue weighted by Crippen LogP contribution is -2.67. The molecule has 3 atom stereocenters. The van der Waals surface area contributed by atoms with Crippen LogP contribution >= 0.6 is 0 Å². The minimum Gasteiger partial charge on any atom is -0.438 e. The van der Waals surface area contributed by atoms with Crippen LogP contribution in [0.3, 0.4) is 0 Å². The van der Waals surface area contributed by atoms with Crippen LogP contribution in [-0.4, -0.2) is 34.3 Å². The lowest BCUT2D eigenvalue weighted by Gasteiger charge is -2.44. The second-order valence-corrected chi connectivity index (χ2v) is 13.7. The first-order chi connectivity index (χ1) is 14.7. The molecule has 3 rings (SSSR count). The summed E-state index contributed by atoms with van der Waals surface area (Å²) < 4.78 is 17.5. The molecular weight excluding hydrogens is 404 g/mol. The van der Waals surface area contributed by atoms with Crippen molar-refractivity contribution in [2.75, 3.05) is 13.7 Å². The fraction of sp³-hybridized carbons (Fsp3) is 0.423. The first-order valence-corrected chi connectivity index (χ1v) is 12.8. The van der Waals surface area contributed by atoms with Crippen LogP contribution in [0.5, 0.6) is 0 Å². The summed E-state index contributed by atoms with van der Waals surface area (Å²) in [6.45, 7) is 11.5. The summed E-state index contributed by atoms with van der Waals surface area (Å²) in [4.78, 5) is 11.9. The summed E-state index contributed by atoms with van der Waals surface area (Å²) in [7, 11) is -1.30. The van der Waals surface area contributed by atoms with Gasteiger partial charge < -0.3 is 13.9 Å². The van der Waals surface area contributed by atoms with Gasteiger partial charge >= 0.3 is 6.16 Å². The Morgan fingerprint density at radius 3 is 1.94 bits per heavy atom. The highest BCUT2D eigenvalue weighted by Crippen LogP contribution is 2.39. The molecule has 0 fully saturated rings. The number of ether oxygens (including phenoxy) is 2. The SMILES string of the molecule is COC(=O)O[C@@H]1C(C)=C[C@@H](C)[C@@H]1CO[Si](c1ccccc1)(c1ccccc1)C(C)(C)C. The maximum Gasteiger partial charge on any atom is 0.508 e. The quantitative estimate of drug-likeness (QED) is 0.365. The van der Waals surface area contributed by atoms with E-state index in [9.17, 15) is 4.79 Å². The Hall–Kier alpha value is -2.37. The van der Waals surface area contributed by atoms with Gasteiger partial charge in [-0.15, -0.1) is 0 Å². The molecule has 0 saturated carbocycles. The van der Waals surface area contributed by atoms with E-state index in [1.54, 1.807) is 0 Å². The zero-order valence-electron chi connectivity index (χ0n) is 19.4. The molecule has 0 unspecified atom stereocenters. The molecule has 4 nitrogen and oxygen atoms in total. The molecule has 2 aromatic carbocycles. The number of allylic oxidation sites excluding steroid dienone is 1. The minimum absolute atomic E-state index is 0.0424.